The molecule has 0 bridgehead atoms. The van der Waals surface area contributed by atoms with E-state index in [4.69, 9.17) is 10.8 Å². The van der Waals surface area contributed by atoms with E-state index in [1.165, 1.54) is 0 Å². The lowest BCUT2D eigenvalue weighted by atomic mass is 10.1. The number of aromatic amines is 1. The number of H-pyrrole nitrogens is 1. The number of hydrogen-bond acceptors (Lipinski definition) is 3. The number of hydrogen-bond donors (Lipinski definition) is 3. The Bertz CT molecular complexity index is 245. The standard InChI is InChI=1S/C7H11N3O2/c8-4-5(7(11)12)3-6-9-1-2-10-6/h1-2,5H,3-4,8H2,(H,9,10)(H,11,12). The van der Waals surface area contributed by atoms with Crippen molar-refractivity contribution in [3.8, 4) is 0 Å². The van der Waals surface area contributed by atoms with Crippen LogP contribution in [0.25, 0.3) is 0 Å². The molecule has 1 heterocycles. The number of aliphatic carboxylic acids is 1. The molecule has 12 heavy (non-hydrogen) atoms. The van der Waals surface area contributed by atoms with Gasteiger partial charge < -0.3 is 15.8 Å². The maximum Gasteiger partial charge on any atom is 0.308 e. The highest BCUT2D eigenvalue weighted by molar-refractivity contribution is 5.70. The molecule has 66 valence electrons. The van der Waals surface area contributed by atoms with Crippen LogP contribution in [0.15, 0.2) is 12.4 Å². The Hall–Kier alpha value is -1.36. The van der Waals surface area contributed by atoms with Crippen molar-refractivity contribution in [2.24, 2.45) is 11.7 Å². The zero-order valence-corrected chi connectivity index (χ0v) is 6.53. The van der Waals surface area contributed by atoms with Crippen LogP contribution in [-0.2, 0) is 11.2 Å². The summed E-state index contributed by atoms with van der Waals surface area (Å²) in [6, 6.07) is 0. The normalized spacial score (nSPS) is 12.8. The quantitative estimate of drug-likeness (QED) is 0.572. The number of rotatable bonds is 4. The molecule has 0 spiro atoms. The van der Waals surface area contributed by atoms with Crippen molar-refractivity contribution < 1.29 is 9.90 Å². The minimum absolute atomic E-state index is 0.135. The predicted octanol–water partition coefficient (Wildman–Crippen LogP) is -0.388. The molecule has 1 rings (SSSR count). The number of nitrogens with one attached hydrogen (secondary N) is 1. The van der Waals surface area contributed by atoms with Gasteiger partial charge in [0, 0.05) is 25.4 Å². The first-order valence-electron chi connectivity index (χ1n) is 3.65. The van der Waals surface area contributed by atoms with Gasteiger partial charge in [-0.15, -0.1) is 0 Å². The summed E-state index contributed by atoms with van der Waals surface area (Å²) in [5, 5.41) is 8.65. The van der Waals surface area contributed by atoms with Crippen LogP contribution in [0.4, 0.5) is 0 Å². The van der Waals surface area contributed by atoms with Gasteiger partial charge in [-0.1, -0.05) is 0 Å². The second kappa shape index (κ2) is 3.87. The lowest BCUT2D eigenvalue weighted by molar-refractivity contribution is -0.141. The molecule has 0 fully saturated rings. The van der Waals surface area contributed by atoms with Gasteiger partial charge in [0.15, 0.2) is 0 Å². The van der Waals surface area contributed by atoms with Crippen LogP contribution < -0.4 is 5.73 Å². The summed E-state index contributed by atoms with van der Waals surface area (Å²) in [7, 11) is 0. The highest BCUT2D eigenvalue weighted by Gasteiger charge is 2.16. The Morgan fingerprint density at radius 3 is 3.00 bits per heavy atom. The Morgan fingerprint density at radius 2 is 2.58 bits per heavy atom. The van der Waals surface area contributed by atoms with Gasteiger partial charge in [0.2, 0.25) is 0 Å². The fraction of sp³-hybridized carbons (Fsp3) is 0.429. The van der Waals surface area contributed by atoms with Gasteiger partial charge in [0.25, 0.3) is 0 Å². The fourth-order valence-corrected chi connectivity index (χ4v) is 0.914. The highest BCUT2D eigenvalue weighted by Crippen LogP contribution is 2.02. The van der Waals surface area contributed by atoms with E-state index in [9.17, 15) is 4.79 Å². The summed E-state index contributed by atoms with van der Waals surface area (Å²) < 4.78 is 0. The van der Waals surface area contributed by atoms with Crippen LogP contribution in [0.5, 0.6) is 0 Å². The van der Waals surface area contributed by atoms with Gasteiger partial charge in [-0.2, -0.15) is 0 Å². The van der Waals surface area contributed by atoms with Gasteiger partial charge in [0.1, 0.15) is 5.82 Å². The third-order valence-electron chi connectivity index (χ3n) is 1.63. The molecule has 5 nitrogen and oxygen atoms in total. The maximum absolute atomic E-state index is 10.5. The lowest BCUT2D eigenvalue weighted by Gasteiger charge is -2.05. The molecular weight excluding hydrogens is 158 g/mol. The van der Waals surface area contributed by atoms with Gasteiger partial charge >= 0.3 is 5.97 Å². The van der Waals surface area contributed by atoms with Crippen LogP contribution in [0.1, 0.15) is 5.82 Å². The second-order valence-corrected chi connectivity index (χ2v) is 2.51. The maximum atomic E-state index is 10.5. The molecule has 1 aromatic rings. The van der Waals surface area contributed by atoms with Crippen LogP contribution in [0.2, 0.25) is 0 Å². The molecule has 0 amide bonds. The Balaban J connectivity index is 2.54. The molecule has 5 heteroatoms. The summed E-state index contributed by atoms with van der Waals surface area (Å²) in [6.45, 7) is 0.135. The average Bonchev–Trinajstić information content (AvgIpc) is 2.51. The Labute approximate surface area is 69.6 Å². The van der Waals surface area contributed by atoms with E-state index in [-0.39, 0.29) is 6.54 Å². The highest BCUT2D eigenvalue weighted by atomic mass is 16.4. The summed E-state index contributed by atoms with van der Waals surface area (Å²) >= 11 is 0. The number of carboxylic acid groups (broad SMARTS) is 1. The van der Waals surface area contributed by atoms with E-state index in [0.717, 1.165) is 0 Å². The van der Waals surface area contributed by atoms with Crippen molar-refractivity contribution in [1.82, 2.24) is 9.97 Å². The molecule has 1 atom stereocenters. The molecule has 0 aromatic carbocycles. The molecule has 0 aliphatic rings. The Kier molecular flexibility index (Phi) is 2.82. The zero-order valence-electron chi connectivity index (χ0n) is 6.53. The van der Waals surface area contributed by atoms with E-state index >= 15 is 0 Å². The molecular formula is C7H11N3O2. The summed E-state index contributed by atoms with van der Waals surface area (Å²) in [4.78, 5) is 17.3. The van der Waals surface area contributed by atoms with E-state index in [0.29, 0.717) is 12.2 Å². The molecule has 0 aliphatic carbocycles. The number of nitrogens with two attached hydrogens (primary N) is 1. The molecule has 0 aliphatic heterocycles. The van der Waals surface area contributed by atoms with Crippen molar-refractivity contribution in [3.05, 3.63) is 18.2 Å². The predicted molar refractivity (Wildman–Crippen MR) is 42.5 cm³/mol. The van der Waals surface area contributed by atoms with E-state index in [1.54, 1.807) is 12.4 Å². The molecule has 0 saturated heterocycles. The first-order valence-corrected chi connectivity index (χ1v) is 3.65. The minimum Gasteiger partial charge on any atom is -0.481 e. The number of carboxylic acids is 1. The van der Waals surface area contributed by atoms with Crippen LogP contribution in [-0.4, -0.2) is 27.6 Å². The van der Waals surface area contributed by atoms with Gasteiger partial charge in [-0.25, -0.2) is 4.98 Å². The summed E-state index contributed by atoms with van der Waals surface area (Å²) in [6.07, 6.45) is 3.61. The fourth-order valence-electron chi connectivity index (χ4n) is 0.914. The van der Waals surface area contributed by atoms with E-state index in [2.05, 4.69) is 9.97 Å². The van der Waals surface area contributed by atoms with Crippen molar-refractivity contribution >= 4 is 5.97 Å². The summed E-state index contributed by atoms with van der Waals surface area (Å²) in [5.41, 5.74) is 5.27. The average molecular weight is 169 g/mol. The van der Waals surface area contributed by atoms with E-state index in [1.807, 2.05) is 0 Å². The molecule has 4 N–H and O–H groups in total. The number of nitrogens with zero attached hydrogens (tertiary/aromatic N) is 1. The SMILES string of the molecule is NCC(Cc1ncc[nH]1)C(=O)O. The number of imidazole rings is 1. The largest absolute Gasteiger partial charge is 0.481 e. The van der Waals surface area contributed by atoms with Gasteiger partial charge in [0.05, 0.1) is 5.92 Å². The monoisotopic (exact) mass is 169 g/mol. The third-order valence-corrected chi connectivity index (χ3v) is 1.63. The van der Waals surface area contributed by atoms with Gasteiger partial charge in [-0.3, -0.25) is 4.79 Å². The molecule has 1 aromatic heterocycles. The Morgan fingerprint density at radius 1 is 1.83 bits per heavy atom. The molecule has 0 saturated carbocycles. The molecule has 1 unspecified atom stereocenters. The third kappa shape index (κ3) is 2.06. The number of carbonyl (C=O) groups is 1. The number of aromatic nitrogens is 2. The lowest BCUT2D eigenvalue weighted by Crippen LogP contribution is -2.25. The second-order valence-electron chi connectivity index (χ2n) is 2.51. The smallest absolute Gasteiger partial charge is 0.308 e. The van der Waals surface area contributed by atoms with Crippen LogP contribution >= 0.6 is 0 Å². The molecule has 0 radical (unpaired) electrons. The van der Waals surface area contributed by atoms with Crippen molar-refractivity contribution in [2.75, 3.05) is 6.54 Å². The van der Waals surface area contributed by atoms with Crippen molar-refractivity contribution in [2.45, 2.75) is 6.42 Å². The van der Waals surface area contributed by atoms with Gasteiger partial charge in [-0.05, 0) is 0 Å². The first-order chi connectivity index (χ1) is 5.74. The zero-order chi connectivity index (χ0) is 8.97. The van der Waals surface area contributed by atoms with E-state index < -0.39 is 11.9 Å². The van der Waals surface area contributed by atoms with Crippen LogP contribution in [0, 0.1) is 5.92 Å². The topological polar surface area (TPSA) is 92.0 Å². The van der Waals surface area contributed by atoms with Crippen molar-refractivity contribution in [3.63, 3.8) is 0 Å². The summed E-state index contributed by atoms with van der Waals surface area (Å²) in [5.74, 6) is -0.766. The first kappa shape index (κ1) is 8.73. The van der Waals surface area contributed by atoms with Crippen LogP contribution in [0.3, 0.4) is 0 Å². The minimum atomic E-state index is -0.881. The van der Waals surface area contributed by atoms with Crippen molar-refractivity contribution in [1.29, 1.82) is 0 Å².